The van der Waals surface area contributed by atoms with E-state index in [2.05, 4.69) is 16.9 Å². The number of nitrogens with zero attached hydrogens (tertiary/aromatic N) is 2. The van der Waals surface area contributed by atoms with Crippen molar-refractivity contribution in [2.75, 3.05) is 11.5 Å². The molecule has 2 aromatic heterocycles. The van der Waals surface area contributed by atoms with Crippen LogP contribution < -0.4 is 4.74 Å². The number of aromatic nitrogens is 2. The van der Waals surface area contributed by atoms with Gasteiger partial charge in [0.15, 0.2) is 0 Å². The van der Waals surface area contributed by atoms with Crippen molar-refractivity contribution >= 4 is 32.7 Å². The lowest BCUT2D eigenvalue weighted by atomic mass is 10.2. The first-order chi connectivity index (χ1) is 8.72. The van der Waals surface area contributed by atoms with Crippen molar-refractivity contribution in [1.82, 2.24) is 9.97 Å². The third kappa shape index (κ3) is 2.46. The Kier molecular flexibility index (Phi) is 3.41. The second-order valence-electron chi connectivity index (χ2n) is 4.42. The van der Waals surface area contributed by atoms with E-state index in [0.717, 1.165) is 34.6 Å². The SMILES string of the molecule is Cc1cc2ncnc(OC3CC[S+]([O-])CC3)c2s1. The smallest absolute Gasteiger partial charge is 0.235 e. The summed E-state index contributed by atoms with van der Waals surface area (Å²) < 4.78 is 18.3. The Morgan fingerprint density at radius 1 is 1.39 bits per heavy atom. The summed E-state index contributed by atoms with van der Waals surface area (Å²) in [5.74, 6) is 2.15. The average molecular weight is 282 g/mol. The number of hydrogen-bond donors (Lipinski definition) is 0. The van der Waals surface area contributed by atoms with Crippen LogP contribution in [0.4, 0.5) is 0 Å². The topological polar surface area (TPSA) is 58.1 Å². The standard InChI is InChI=1S/C12H14N2O2S2/c1-8-6-10-11(17-8)12(14-7-13-10)16-9-2-4-18(15)5-3-9/h6-7,9H,2-5H2,1H3. The molecule has 2 aromatic rings. The highest BCUT2D eigenvalue weighted by Gasteiger charge is 2.24. The van der Waals surface area contributed by atoms with Crippen LogP contribution in [0.5, 0.6) is 5.88 Å². The summed E-state index contributed by atoms with van der Waals surface area (Å²) in [7, 11) is 0. The van der Waals surface area contributed by atoms with E-state index in [-0.39, 0.29) is 6.10 Å². The van der Waals surface area contributed by atoms with E-state index in [1.54, 1.807) is 17.7 Å². The maximum absolute atomic E-state index is 11.3. The van der Waals surface area contributed by atoms with E-state index in [9.17, 15) is 4.55 Å². The van der Waals surface area contributed by atoms with Gasteiger partial charge < -0.3 is 9.29 Å². The molecule has 0 saturated carbocycles. The molecule has 1 aliphatic heterocycles. The van der Waals surface area contributed by atoms with Gasteiger partial charge in [0, 0.05) is 17.7 Å². The Hall–Kier alpha value is -0.850. The van der Waals surface area contributed by atoms with Gasteiger partial charge in [0.05, 0.1) is 5.52 Å². The van der Waals surface area contributed by atoms with Crippen molar-refractivity contribution in [2.45, 2.75) is 25.9 Å². The van der Waals surface area contributed by atoms with Crippen LogP contribution in [0.2, 0.25) is 0 Å². The molecule has 0 radical (unpaired) electrons. The molecule has 1 saturated heterocycles. The van der Waals surface area contributed by atoms with Gasteiger partial charge in [-0.25, -0.2) is 9.97 Å². The van der Waals surface area contributed by atoms with Crippen LogP contribution in [-0.2, 0) is 11.2 Å². The molecule has 0 amide bonds. The van der Waals surface area contributed by atoms with E-state index in [1.807, 2.05) is 6.07 Å². The molecule has 6 heteroatoms. The molecule has 96 valence electrons. The lowest BCUT2D eigenvalue weighted by Gasteiger charge is -2.24. The number of ether oxygens (including phenoxy) is 1. The molecule has 0 unspecified atom stereocenters. The summed E-state index contributed by atoms with van der Waals surface area (Å²) in [5, 5.41) is 0. The minimum absolute atomic E-state index is 0.142. The van der Waals surface area contributed by atoms with Gasteiger partial charge in [-0.15, -0.1) is 11.3 Å². The van der Waals surface area contributed by atoms with Crippen LogP contribution in [-0.4, -0.2) is 32.1 Å². The first-order valence-corrected chi connectivity index (χ1v) is 8.25. The fraction of sp³-hybridized carbons (Fsp3) is 0.500. The number of hydrogen-bond acceptors (Lipinski definition) is 5. The minimum Gasteiger partial charge on any atom is -0.616 e. The summed E-state index contributed by atoms with van der Waals surface area (Å²) in [6, 6.07) is 2.05. The van der Waals surface area contributed by atoms with Crippen LogP contribution >= 0.6 is 11.3 Å². The monoisotopic (exact) mass is 282 g/mol. The van der Waals surface area contributed by atoms with Gasteiger partial charge in [0.2, 0.25) is 5.88 Å². The van der Waals surface area contributed by atoms with Gasteiger partial charge in [-0.2, -0.15) is 0 Å². The molecule has 0 aliphatic carbocycles. The lowest BCUT2D eigenvalue weighted by Crippen LogP contribution is -2.30. The maximum atomic E-state index is 11.3. The number of fused-ring (bicyclic) bond motifs is 1. The summed E-state index contributed by atoms with van der Waals surface area (Å²) in [6.45, 7) is 2.06. The third-order valence-corrected chi connectivity index (χ3v) is 5.42. The zero-order chi connectivity index (χ0) is 12.5. The molecule has 0 atom stereocenters. The number of thiophene rings is 1. The quantitative estimate of drug-likeness (QED) is 0.793. The summed E-state index contributed by atoms with van der Waals surface area (Å²) >= 11 is 1.01. The van der Waals surface area contributed by atoms with Crippen LogP contribution in [0.3, 0.4) is 0 Å². The van der Waals surface area contributed by atoms with Crippen molar-refractivity contribution in [1.29, 1.82) is 0 Å². The highest BCUT2D eigenvalue weighted by molar-refractivity contribution is 7.91. The number of rotatable bonds is 2. The van der Waals surface area contributed by atoms with Gasteiger partial charge in [-0.3, -0.25) is 0 Å². The molecule has 0 N–H and O–H groups in total. The van der Waals surface area contributed by atoms with Crippen LogP contribution in [0.15, 0.2) is 12.4 Å². The van der Waals surface area contributed by atoms with Crippen molar-refractivity contribution in [3.05, 3.63) is 17.3 Å². The second-order valence-corrected chi connectivity index (χ2v) is 7.37. The van der Waals surface area contributed by atoms with E-state index >= 15 is 0 Å². The van der Waals surface area contributed by atoms with E-state index in [0.29, 0.717) is 5.88 Å². The van der Waals surface area contributed by atoms with Crippen LogP contribution in [0.25, 0.3) is 10.2 Å². The van der Waals surface area contributed by atoms with E-state index in [1.165, 1.54) is 4.88 Å². The molecule has 18 heavy (non-hydrogen) atoms. The second kappa shape index (κ2) is 5.03. The first-order valence-electron chi connectivity index (χ1n) is 5.95. The molecule has 1 aliphatic rings. The predicted octanol–water partition coefficient (Wildman–Crippen LogP) is 2.29. The van der Waals surface area contributed by atoms with Crippen molar-refractivity contribution in [2.24, 2.45) is 0 Å². The molecule has 1 fully saturated rings. The summed E-state index contributed by atoms with van der Waals surface area (Å²) in [5.41, 5.74) is 0.946. The Bertz CT molecular complexity index is 550. The Labute approximate surface area is 113 Å². The van der Waals surface area contributed by atoms with Crippen LogP contribution in [0, 0.1) is 6.92 Å². The zero-order valence-electron chi connectivity index (χ0n) is 10.1. The van der Waals surface area contributed by atoms with E-state index in [4.69, 9.17) is 4.74 Å². The van der Waals surface area contributed by atoms with Gasteiger partial charge >= 0.3 is 0 Å². The Balaban J connectivity index is 1.82. The molecule has 3 heterocycles. The van der Waals surface area contributed by atoms with Crippen molar-refractivity contribution in [3.63, 3.8) is 0 Å². The molecule has 0 spiro atoms. The lowest BCUT2D eigenvalue weighted by molar-refractivity contribution is 0.185. The normalized spacial score (nSPS) is 24.3. The predicted molar refractivity (Wildman–Crippen MR) is 73.7 cm³/mol. The third-order valence-electron chi connectivity index (χ3n) is 3.02. The Morgan fingerprint density at radius 3 is 2.94 bits per heavy atom. The fourth-order valence-electron chi connectivity index (χ4n) is 2.08. The fourth-order valence-corrected chi connectivity index (χ4v) is 4.24. The maximum Gasteiger partial charge on any atom is 0.235 e. The molecule has 0 aromatic carbocycles. The summed E-state index contributed by atoms with van der Waals surface area (Å²) in [6.07, 6.45) is 3.39. The number of aryl methyl sites for hydroxylation is 1. The molecular formula is C12H14N2O2S2. The van der Waals surface area contributed by atoms with Gasteiger partial charge in [-0.1, -0.05) is 11.2 Å². The summed E-state index contributed by atoms with van der Waals surface area (Å²) in [4.78, 5) is 9.68. The van der Waals surface area contributed by atoms with Crippen molar-refractivity contribution in [3.8, 4) is 5.88 Å². The molecule has 3 rings (SSSR count). The molecular weight excluding hydrogens is 268 g/mol. The largest absolute Gasteiger partial charge is 0.616 e. The van der Waals surface area contributed by atoms with E-state index < -0.39 is 11.2 Å². The minimum atomic E-state index is -0.652. The molecule has 0 bridgehead atoms. The molecule has 4 nitrogen and oxygen atoms in total. The van der Waals surface area contributed by atoms with Crippen molar-refractivity contribution < 1.29 is 9.29 Å². The van der Waals surface area contributed by atoms with Crippen LogP contribution in [0.1, 0.15) is 17.7 Å². The van der Waals surface area contributed by atoms with Gasteiger partial charge in [-0.05, 0) is 13.0 Å². The van der Waals surface area contributed by atoms with Gasteiger partial charge in [0.25, 0.3) is 0 Å². The van der Waals surface area contributed by atoms with Gasteiger partial charge in [0.1, 0.15) is 28.6 Å². The Morgan fingerprint density at radius 2 is 2.17 bits per heavy atom. The average Bonchev–Trinajstić information content (AvgIpc) is 2.73. The highest BCUT2D eigenvalue weighted by Crippen LogP contribution is 2.31. The highest BCUT2D eigenvalue weighted by atomic mass is 32.2. The zero-order valence-corrected chi connectivity index (χ0v) is 11.7. The first kappa shape index (κ1) is 12.2.